The van der Waals surface area contributed by atoms with E-state index in [0.29, 0.717) is 25.2 Å². The lowest BCUT2D eigenvalue weighted by molar-refractivity contribution is -0.132. The molecule has 0 saturated carbocycles. The summed E-state index contributed by atoms with van der Waals surface area (Å²) in [7, 11) is 0. The number of furan rings is 1. The van der Waals surface area contributed by atoms with E-state index in [1.165, 1.54) is 11.1 Å². The van der Waals surface area contributed by atoms with Crippen LogP contribution in [0.5, 0.6) is 0 Å². The minimum Gasteiger partial charge on any atom is -0.467 e. The van der Waals surface area contributed by atoms with Crippen LogP contribution in [0.15, 0.2) is 77.4 Å². The minimum absolute atomic E-state index is 0.0142. The van der Waals surface area contributed by atoms with Crippen LogP contribution in [0.3, 0.4) is 0 Å². The number of carbonyl (C=O) groups is 2. The van der Waals surface area contributed by atoms with Crippen molar-refractivity contribution in [1.29, 1.82) is 0 Å². The van der Waals surface area contributed by atoms with Gasteiger partial charge in [-0.3, -0.25) is 9.59 Å². The summed E-state index contributed by atoms with van der Waals surface area (Å²) >= 11 is 0. The largest absolute Gasteiger partial charge is 0.467 e. The SMILES string of the molecule is CC(C)CN(CC(=O)N(CCc1ccccc1)Cc1ccco1)C(=O)c1ccc(C(C)(C)C)cc1. The lowest BCUT2D eigenvalue weighted by Gasteiger charge is -2.29. The van der Waals surface area contributed by atoms with Gasteiger partial charge in [0.1, 0.15) is 12.3 Å². The molecule has 0 atom stereocenters. The van der Waals surface area contributed by atoms with Gasteiger partial charge in [-0.1, -0.05) is 77.1 Å². The van der Waals surface area contributed by atoms with Gasteiger partial charge in [-0.15, -0.1) is 0 Å². The first kappa shape index (κ1) is 26.3. The van der Waals surface area contributed by atoms with Gasteiger partial charge in [0.05, 0.1) is 12.8 Å². The molecule has 0 bridgehead atoms. The summed E-state index contributed by atoms with van der Waals surface area (Å²) < 4.78 is 5.52. The summed E-state index contributed by atoms with van der Waals surface area (Å²) in [6.45, 7) is 12.0. The number of rotatable bonds is 10. The molecule has 1 aromatic heterocycles. The van der Waals surface area contributed by atoms with Crippen LogP contribution in [0.25, 0.3) is 0 Å². The molecule has 0 unspecified atom stereocenters. The van der Waals surface area contributed by atoms with E-state index in [1.54, 1.807) is 16.1 Å². The van der Waals surface area contributed by atoms with Crippen LogP contribution in [0.1, 0.15) is 61.9 Å². The molecule has 0 aliphatic rings. The molecule has 3 rings (SSSR count). The highest BCUT2D eigenvalue weighted by Gasteiger charge is 2.24. The van der Waals surface area contributed by atoms with Crippen LogP contribution in [0.2, 0.25) is 0 Å². The lowest BCUT2D eigenvalue weighted by atomic mass is 9.86. The molecule has 0 aliphatic heterocycles. The number of amides is 2. The van der Waals surface area contributed by atoms with Crippen molar-refractivity contribution in [2.75, 3.05) is 19.6 Å². The van der Waals surface area contributed by atoms with E-state index in [-0.39, 0.29) is 29.7 Å². The maximum Gasteiger partial charge on any atom is 0.254 e. The lowest BCUT2D eigenvalue weighted by Crippen LogP contribution is -2.44. The topological polar surface area (TPSA) is 53.8 Å². The molecule has 0 radical (unpaired) electrons. The number of hydrogen-bond donors (Lipinski definition) is 0. The molecule has 35 heavy (non-hydrogen) atoms. The zero-order valence-electron chi connectivity index (χ0n) is 21.7. The molecule has 0 aliphatic carbocycles. The summed E-state index contributed by atoms with van der Waals surface area (Å²) in [4.78, 5) is 30.4. The van der Waals surface area contributed by atoms with E-state index in [9.17, 15) is 9.59 Å². The Morgan fingerprint density at radius 3 is 2.14 bits per heavy atom. The Hall–Kier alpha value is -3.34. The molecule has 0 N–H and O–H groups in total. The Labute approximate surface area is 209 Å². The number of hydrogen-bond acceptors (Lipinski definition) is 3. The fourth-order valence-corrected chi connectivity index (χ4v) is 4.01. The monoisotopic (exact) mass is 474 g/mol. The Balaban J connectivity index is 1.76. The number of carbonyl (C=O) groups excluding carboxylic acids is 2. The second kappa shape index (κ2) is 11.9. The van der Waals surface area contributed by atoms with Gasteiger partial charge in [0.15, 0.2) is 0 Å². The van der Waals surface area contributed by atoms with E-state index < -0.39 is 0 Å². The molecule has 0 saturated heterocycles. The van der Waals surface area contributed by atoms with Gasteiger partial charge >= 0.3 is 0 Å². The first-order valence-corrected chi connectivity index (χ1v) is 12.4. The number of benzene rings is 2. The molecule has 0 spiro atoms. The van der Waals surface area contributed by atoms with Crippen molar-refractivity contribution in [2.24, 2.45) is 5.92 Å². The average molecular weight is 475 g/mol. The van der Waals surface area contributed by atoms with Crippen molar-refractivity contribution in [3.8, 4) is 0 Å². The average Bonchev–Trinajstić information content (AvgIpc) is 3.34. The van der Waals surface area contributed by atoms with E-state index in [0.717, 1.165) is 12.2 Å². The molecule has 3 aromatic rings. The molecule has 186 valence electrons. The van der Waals surface area contributed by atoms with Crippen LogP contribution >= 0.6 is 0 Å². The van der Waals surface area contributed by atoms with Crippen molar-refractivity contribution >= 4 is 11.8 Å². The highest BCUT2D eigenvalue weighted by Crippen LogP contribution is 2.23. The second-order valence-corrected chi connectivity index (χ2v) is 10.5. The van der Waals surface area contributed by atoms with Crippen molar-refractivity contribution in [3.63, 3.8) is 0 Å². The van der Waals surface area contributed by atoms with Gasteiger partial charge in [-0.2, -0.15) is 0 Å². The first-order chi connectivity index (χ1) is 16.6. The van der Waals surface area contributed by atoms with E-state index in [4.69, 9.17) is 4.42 Å². The third-order valence-electron chi connectivity index (χ3n) is 5.99. The standard InChI is InChI=1S/C30H38N2O3/c1-23(2)20-32(29(34)25-13-15-26(16-14-25)30(3,4)5)22-28(33)31(21-27-12-9-19-35-27)18-17-24-10-7-6-8-11-24/h6-16,19,23H,17-18,20-22H2,1-5H3. The van der Waals surface area contributed by atoms with Crippen LogP contribution < -0.4 is 0 Å². The van der Waals surface area contributed by atoms with Gasteiger partial charge in [-0.05, 0) is 53.1 Å². The summed E-state index contributed by atoms with van der Waals surface area (Å²) in [5, 5.41) is 0. The minimum atomic E-state index is -0.117. The molecule has 5 nitrogen and oxygen atoms in total. The maximum absolute atomic E-state index is 13.5. The third-order valence-corrected chi connectivity index (χ3v) is 5.99. The van der Waals surface area contributed by atoms with Crippen LogP contribution in [0, 0.1) is 5.92 Å². The summed E-state index contributed by atoms with van der Waals surface area (Å²) in [6.07, 6.45) is 2.35. The highest BCUT2D eigenvalue weighted by molar-refractivity contribution is 5.96. The molecule has 1 heterocycles. The van der Waals surface area contributed by atoms with Crippen molar-refractivity contribution in [1.82, 2.24) is 9.80 Å². The van der Waals surface area contributed by atoms with Crippen molar-refractivity contribution < 1.29 is 14.0 Å². The molecule has 2 amide bonds. The van der Waals surface area contributed by atoms with Gasteiger partial charge in [0, 0.05) is 18.7 Å². The second-order valence-electron chi connectivity index (χ2n) is 10.5. The van der Waals surface area contributed by atoms with E-state index in [2.05, 4.69) is 46.8 Å². The van der Waals surface area contributed by atoms with E-state index in [1.807, 2.05) is 54.6 Å². The highest BCUT2D eigenvalue weighted by atomic mass is 16.3. The fraction of sp³-hybridized carbons (Fsp3) is 0.400. The molecule has 5 heteroatoms. The van der Waals surface area contributed by atoms with Gasteiger partial charge < -0.3 is 14.2 Å². The quantitative estimate of drug-likeness (QED) is 0.365. The molecular formula is C30H38N2O3. The number of nitrogens with zero attached hydrogens (tertiary/aromatic N) is 2. The van der Waals surface area contributed by atoms with E-state index >= 15 is 0 Å². The summed E-state index contributed by atoms with van der Waals surface area (Å²) in [5.41, 5.74) is 2.96. The van der Waals surface area contributed by atoms with Gasteiger partial charge in [-0.25, -0.2) is 0 Å². The Morgan fingerprint density at radius 2 is 1.57 bits per heavy atom. The Morgan fingerprint density at radius 1 is 0.886 bits per heavy atom. The summed E-state index contributed by atoms with van der Waals surface area (Å²) in [5.74, 6) is 0.764. The molecule has 0 fully saturated rings. The zero-order valence-corrected chi connectivity index (χ0v) is 21.7. The van der Waals surface area contributed by atoms with Crippen molar-refractivity contribution in [3.05, 3.63) is 95.4 Å². The van der Waals surface area contributed by atoms with Crippen LogP contribution in [-0.2, 0) is 23.2 Å². The smallest absolute Gasteiger partial charge is 0.254 e. The normalized spacial score (nSPS) is 11.5. The van der Waals surface area contributed by atoms with Crippen LogP contribution in [-0.4, -0.2) is 41.2 Å². The molecular weight excluding hydrogens is 436 g/mol. The van der Waals surface area contributed by atoms with Gasteiger partial charge in [0.2, 0.25) is 5.91 Å². The Kier molecular flexibility index (Phi) is 8.91. The maximum atomic E-state index is 13.5. The van der Waals surface area contributed by atoms with Crippen LogP contribution in [0.4, 0.5) is 0 Å². The van der Waals surface area contributed by atoms with Crippen molar-refractivity contribution in [2.45, 2.75) is 53.0 Å². The predicted octanol–water partition coefficient (Wildman–Crippen LogP) is 5.95. The zero-order chi connectivity index (χ0) is 25.4. The fourth-order valence-electron chi connectivity index (χ4n) is 4.01. The van der Waals surface area contributed by atoms with Gasteiger partial charge in [0.25, 0.3) is 5.91 Å². The predicted molar refractivity (Wildman–Crippen MR) is 140 cm³/mol. The Bertz CT molecular complexity index is 1070. The third kappa shape index (κ3) is 7.84. The summed E-state index contributed by atoms with van der Waals surface area (Å²) in [6, 6.07) is 21.6. The first-order valence-electron chi connectivity index (χ1n) is 12.4. The molecule has 2 aromatic carbocycles.